The Labute approximate surface area is 178 Å². The van der Waals surface area contributed by atoms with Gasteiger partial charge in [0.05, 0.1) is 17.5 Å². The van der Waals surface area contributed by atoms with Gasteiger partial charge in [-0.2, -0.15) is 23.5 Å². The lowest BCUT2D eigenvalue weighted by Crippen LogP contribution is -2.12. The van der Waals surface area contributed by atoms with Gasteiger partial charge in [-0.15, -0.1) is 0 Å². The van der Waals surface area contributed by atoms with Crippen molar-refractivity contribution in [2.45, 2.75) is 12.7 Å². The summed E-state index contributed by atoms with van der Waals surface area (Å²) in [6, 6.07) is 8.55. The van der Waals surface area contributed by atoms with E-state index in [0.29, 0.717) is 11.2 Å². The quantitative estimate of drug-likeness (QED) is 0.489. The van der Waals surface area contributed by atoms with Gasteiger partial charge in [0, 0.05) is 17.7 Å². The van der Waals surface area contributed by atoms with Crippen LogP contribution in [0.4, 0.5) is 24.8 Å². The van der Waals surface area contributed by atoms with E-state index in [-0.39, 0.29) is 40.2 Å². The van der Waals surface area contributed by atoms with Gasteiger partial charge in [0.15, 0.2) is 10.8 Å². The number of rotatable bonds is 4. The summed E-state index contributed by atoms with van der Waals surface area (Å²) in [5.74, 6) is 0.127. The summed E-state index contributed by atoms with van der Waals surface area (Å²) in [6.45, 7) is -0.0133. The van der Waals surface area contributed by atoms with Gasteiger partial charge in [0.2, 0.25) is 0 Å². The van der Waals surface area contributed by atoms with Crippen LogP contribution in [0.2, 0.25) is 5.15 Å². The molecule has 0 spiro atoms. The van der Waals surface area contributed by atoms with E-state index in [2.05, 4.69) is 25.4 Å². The maximum absolute atomic E-state index is 13.6. The maximum Gasteiger partial charge on any atom is 0.417 e. The summed E-state index contributed by atoms with van der Waals surface area (Å²) in [5, 5.41) is 16.7. The molecular formula is C19H12ClF3N8. The molecule has 31 heavy (non-hydrogen) atoms. The standard InChI is InChI=1S/C19H12ClF3N8/c20-14-8-26-15-5-10(7-27-18-12(6-24)17(25)28-9-29-18)16(30-31(14)15)11-3-1-2-4-13(11)19(21,22)23/h1-5,8-9H,7H2,(H3,25,27,28,29). The number of hydrogen-bond donors (Lipinski definition) is 2. The maximum atomic E-state index is 13.6. The van der Waals surface area contributed by atoms with Crippen molar-refractivity contribution in [3.8, 4) is 17.3 Å². The van der Waals surface area contributed by atoms with Gasteiger partial charge >= 0.3 is 6.18 Å². The van der Waals surface area contributed by atoms with E-state index in [0.717, 1.165) is 6.07 Å². The number of nitrogen functional groups attached to an aromatic ring is 1. The van der Waals surface area contributed by atoms with Gasteiger partial charge < -0.3 is 11.1 Å². The third-order valence-corrected chi connectivity index (χ3v) is 4.71. The average molecular weight is 445 g/mol. The first-order valence-corrected chi connectivity index (χ1v) is 9.11. The van der Waals surface area contributed by atoms with Crippen LogP contribution in [0.5, 0.6) is 0 Å². The summed E-state index contributed by atoms with van der Waals surface area (Å²) in [6.07, 6.45) is -2.07. The van der Waals surface area contributed by atoms with Crippen LogP contribution in [-0.4, -0.2) is 24.6 Å². The number of anilines is 2. The summed E-state index contributed by atoms with van der Waals surface area (Å²) < 4.78 is 42.2. The van der Waals surface area contributed by atoms with Crippen LogP contribution in [0.1, 0.15) is 16.7 Å². The predicted molar refractivity (Wildman–Crippen MR) is 107 cm³/mol. The molecule has 8 nitrogen and oxygen atoms in total. The Hall–Kier alpha value is -3.91. The molecule has 1 aromatic carbocycles. The lowest BCUT2D eigenvalue weighted by Gasteiger charge is -2.16. The summed E-state index contributed by atoms with van der Waals surface area (Å²) in [4.78, 5) is 11.8. The van der Waals surface area contributed by atoms with E-state index in [4.69, 9.17) is 17.3 Å². The number of fused-ring (bicyclic) bond motifs is 1. The van der Waals surface area contributed by atoms with Crippen molar-refractivity contribution in [3.63, 3.8) is 0 Å². The van der Waals surface area contributed by atoms with Crippen LogP contribution in [0.3, 0.4) is 0 Å². The minimum Gasteiger partial charge on any atom is -0.382 e. The number of hydrogen-bond acceptors (Lipinski definition) is 7. The molecule has 0 fully saturated rings. The molecule has 4 aromatic rings. The average Bonchev–Trinajstić information content (AvgIpc) is 3.10. The van der Waals surface area contributed by atoms with E-state index in [1.807, 2.05) is 6.07 Å². The van der Waals surface area contributed by atoms with Crippen LogP contribution in [-0.2, 0) is 12.7 Å². The normalized spacial score (nSPS) is 11.5. The van der Waals surface area contributed by atoms with Crippen LogP contribution < -0.4 is 11.1 Å². The lowest BCUT2D eigenvalue weighted by molar-refractivity contribution is -0.137. The highest BCUT2D eigenvalue weighted by Crippen LogP contribution is 2.37. The largest absolute Gasteiger partial charge is 0.417 e. The fraction of sp³-hybridized carbons (Fsp3) is 0.105. The number of imidazole rings is 1. The first kappa shape index (κ1) is 20.4. The highest BCUT2D eigenvalue weighted by molar-refractivity contribution is 6.29. The Kier molecular flexibility index (Phi) is 5.08. The fourth-order valence-electron chi connectivity index (χ4n) is 3.04. The second-order valence-electron chi connectivity index (χ2n) is 6.36. The third-order valence-electron chi connectivity index (χ3n) is 4.45. The molecule has 12 heteroatoms. The van der Waals surface area contributed by atoms with Gasteiger partial charge in [0.25, 0.3) is 0 Å². The van der Waals surface area contributed by atoms with E-state index in [1.54, 1.807) is 6.07 Å². The van der Waals surface area contributed by atoms with Crippen LogP contribution in [0.15, 0.2) is 42.9 Å². The van der Waals surface area contributed by atoms with Crippen molar-refractivity contribution in [1.82, 2.24) is 24.6 Å². The Morgan fingerprint density at radius 2 is 1.97 bits per heavy atom. The summed E-state index contributed by atoms with van der Waals surface area (Å²) in [7, 11) is 0. The van der Waals surface area contributed by atoms with Gasteiger partial charge in [-0.1, -0.05) is 29.8 Å². The number of nitrogens with two attached hydrogens (primary N) is 1. The van der Waals surface area contributed by atoms with Gasteiger partial charge in [-0.3, -0.25) is 0 Å². The van der Waals surface area contributed by atoms with Gasteiger partial charge in [-0.25, -0.2) is 19.5 Å². The smallest absolute Gasteiger partial charge is 0.382 e. The van der Waals surface area contributed by atoms with E-state index in [9.17, 15) is 18.4 Å². The number of nitriles is 1. The third kappa shape index (κ3) is 3.80. The summed E-state index contributed by atoms with van der Waals surface area (Å²) in [5.41, 5.74) is 5.52. The van der Waals surface area contributed by atoms with E-state index in [1.165, 1.54) is 35.2 Å². The fourth-order valence-corrected chi connectivity index (χ4v) is 3.22. The Morgan fingerprint density at radius 1 is 1.19 bits per heavy atom. The number of nitrogens with one attached hydrogen (secondary N) is 1. The van der Waals surface area contributed by atoms with Crippen molar-refractivity contribution in [2.75, 3.05) is 11.1 Å². The molecule has 0 amide bonds. The summed E-state index contributed by atoms with van der Waals surface area (Å²) >= 11 is 6.08. The minimum atomic E-state index is -4.59. The number of aromatic nitrogens is 5. The monoisotopic (exact) mass is 444 g/mol. The zero-order valence-electron chi connectivity index (χ0n) is 15.5. The van der Waals surface area contributed by atoms with Gasteiger partial charge in [-0.05, 0) is 12.1 Å². The lowest BCUT2D eigenvalue weighted by atomic mass is 10.00. The Morgan fingerprint density at radius 3 is 2.71 bits per heavy atom. The molecule has 0 aliphatic heterocycles. The van der Waals surface area contributed by atoms with E-state index >= 15 is 0 Å². The Balaban J connectivity index is 1.85. The number of benzene rings is 1. The number of halogens is 4. The second-order valence-corrected chi connectivity index (χ2v) is 6.75. The SMILES string of the molecule is N#Cc1c(N)ncnc1NCc1cc2ncc(Cl)n2nc1-c1ccccc1C(F)(F)F. The number of alkyl halides is 3. The Bertz CT molecular complexity index is 1330. The molecule has 156 valence electrons. The minimum absolute atomic E-state index is 0.0133. The molecule has 0 atom stereocenters. The molecule has 0 unspecified atom stereocenters. The van der Waals surface area contributed by atoms with Crippen LogP contribution in [0.25, 0.3) is 16.9 Å². The topological polar surface area (TPSA) is 118 Å². The van der Waals surface area contributed by atoms with Crippen molar-refractivity contribution in [1.29, 1.82) is 5.26 Å². The molecule has 3 aromatic heterocycles. The molecule has 4 rings (SSSR count). The predicted octanol–water partition coefficient (Wildman–Crippen LogP) is 3.92. The molecule has 0 bridgehead atoms. The van der Waals surface area contributed by atoms with E-state index < -0.39 is 11.7 Å². The van der Waals surface area contributed by atoms with Crippen molar-refractivity contribution in [2.24, 2.45) is 0 Å². The molecule has 0 radical (unpaired) electrons. The second kappa shape index (κ2) is 7.73. The van der Waals surface area contributed by atoms with Crippen molar-refractivity contribution in [3.05, 3.63) is 64.7 Å². The zero-order valence-corrected chi connectivity index (χ0v) is 16.3. The molecule has 0 aliphatic carbocycles. The van der Waals surface area contributed by atoms with Crippen LogP contribution in [0, 0.1) is 11.3 Å². The highest BCUT2D eigenvalue weighted by Gasteiger charge is 2.34. The highest BCUT2D eigenvalue weighted by atomic mass is 35.5. The number of nitrogens with zero attached hydrogens (tertiary/aromatic N) is 6. The molecular weight excluding hydrogens is 433 g/mol. The molecule has 0 aliphatic rings. The van der Waals surface area contributed by atoms with Crippen molar-refractivity contribution >= 4 is 28.9 Å². The molecule has 0 saturated heterocycles. The van der Waals surface area contributed by atoms with Gasteiger partial charge in [0.1, 0.15) is 29.6 Å². The zero-order chi connectivity index (χ0) is 22.2. The van der Waals surface area contributed by atoms with Crippen molar-refractivity contribution < 1.29 is 13.2 Å². The first-order valence-electron chi connectivity index (χ1n) is 8.73. The van der Waals surface area contributed by atoms with Crippen LogP contribution >= 0.6 is 11.6 Å². The molecule has 3 N–H and O–H groups in total. The molecule has 0 saturated carbocycles. The first-order chi connectivity index (χ1) is 14.8. The molecule has 3 heterocycles.